The Bertz CT molecular complexity index is 643. The molecule has 1 aromatic carbocycles. The lowest BCUT2D eigenvalue weighted by Crippen LogP contribution is -2.35. The molecule has 0 spiro atoms. The van der Waals surface area contributed by atoms with E-state index in [9.17, 15) is 10.1 Å². The summed E-state index contributed by atoms with van der Waals surface area (Å²) in [6.07, 6.45) is 6.25. The van der Waals surface area contributed by atoms with Gasteiger partial charge in [0.05, 0.1) is 0 Å². The number of anilines is 1. The molecule has 1 aliphatic rings. The van der Waals surface area contributed by atoms with Crippen molar-refractivity contribution in [3.05, 3.63) is 41.1 Å². The van der Waals surface area contributed by atoms with Crippen molar-refractivity contribution < 1.29 is 4.79 Å². The van der Waals surface area contributed by atoms with E-state index in [2.05, 4.69) is 23.2 Å². The van der Waals surface area contributed by atoms with Crippen molar-refractivity contribution in [3.8, 4) is 6.07 Å². The first-order valence-corrected chi connectivity index (χ1v) is 8.32. The summed E-state index contributed by atoms with van der Waals surface area (Å²) in [6, 6.07) is 8.27. The number of benzene rings is 1. The number of hydrogen-bond acceptors (Lipinski definition) is 3. The lowest BCUT2D eigenvalue weighted by Gasteiger charge is -2.34. The Balaban J connectivity index is 2.16. The van der Waals surface area contributed by atoms with Crippen LogP contribution in [-0.4, -0.2) is 23.4 Å². The van der Waals surface area contributed by atoms with Crippen molar-refractivity contribution in [2.24, 2.45) is 0 Å². The predicted molar refractivity (Wildman–Crippen MR) is 92.9 cm³/mol. The van der Waals surface area contributed by atoms with Gasteiger partial charge in [0.2, 0.25) is 0 Å². The number of nitriles is 1. The van der Waals surface area contributed by atoms with Crippen LogP contribution in [0.1, 0.15) is 43.7 Å². The normalized spacial score (nSPS) is 18.4. The first kappa shape index (κ1) is 17.1. The van der Waals surface area contributed by atoms with E-state index in [1.807, 2.05) is 32.0 Å². The van der Waals surface area contributed by atoms with Crippen LogP contribution in [-0.2, 0) is 4.79 Å². The minimum absolute atomic E-state index is 0.172. The van der Waals surface area contributed by atoms with Crippen LogP contribution in [0.2, 0.25) is 0 Å². The van der Waals surface area contributed by atoms with Gasteiger partial charge in [-0.1, -0.05) is 19.1 Å². The van der Waals surface area contributed by atoms with E-state index >= 15 is 0 Å². The van der Waals surface area contributed by atoms with Crippen LogP contribution in [0.25, 0.3) is 0 Å². The summed E-state index contributed by atoms with van der Waals surface area (Å²) >= 11 is 0. The quantitative estimate of drug-likeness (QED) is 0.677. The van der Waals surface area contributed by atoms with Crippen molar-refractivity contribution in [1.29, 1.82) is 5.26 Å². The van der Waals surface area contributed by atoms with Crippen molar-refractivity contribution in [2.45, 2.75) is 52.5 Å². The van der Waals surface area contributed by atoms with Crippen LogP contribution >= 0.6 is 0 Å². The first-order valence-electron chi connectivity index (χ1n) is 8.32. The Morgan fingerprint density at radius 1 is 1.43 bits per heavy atom. The number of carbonyl (C=O) groups is 1. The predicted octanol–water partition coefficient (Wildman–Crippen LogP) is 3.91. The molecule has 0 saturated carbocycles. The highest BCUT2D eigenvalue weighted by Gasteiger charge is 2.20. The molecule has 1 atom stereocenters. The third kappa shape index (κ3) is 4.13. The van der Waals surface area contributed by atoms with Gasteiger partial charge in [0.1, 0.15) is 11.6 Å². The average molecular weight is 311 g/mol. The molecule has 1 amide bonds. The van der Waals surface area contributed by atoms with Crippen LogP contribution < -0.4 is 5.32 Å². The first-order chi connectivity index (χ1) is 11.1. The second kappa shape index (κ2) is 7.82. The number of piperidine rings is 1. The highest BCUT2D eigenvalue weighted by atomic mass is 16.1. The fourth-order valence-corrected chi connectivity index (χ4v) is 3.01. The molecule has 1 heterocycles. The molecule has 2 rings (SSSR count). The summed E-state index contributed by atoms with van der Waals surface area (Å²) in [6.45, 7) is 7.05. The standard InChI is InChI=1S/C19H25N3O/c1-4-17-9-5-6-11-22(17)13-16(12-20)19(23)21-18-10-7-8-14(2)15(18)3/h7-8,10,13,17H,4-6,9,11H2,1-3H3,(H,21,23)/b16-13-. The Hall–Kier alpha value is -2.28. The van der Waals surface area contributed by atoms with Gasteiger partial charge < -0.3 is 10.2 Å². The van der Waals surface area contributed by atoms with Gasteiger partial charge in [-0.3, -0.25) is 4.79 Å². The topological polar surface area (TPSA) is 56.1 Å². The minimum atomic E-state index is -0.332. The second-order valence-corrected chi connectivity index (χ2v) is 6.15. The van der Waals surface area contributed by atoms with Crippen LogP contribution in [0.4, 0.5) is 5.69 Å². The second-order valence-electron chi connectivity index (χ2n) is 6.15. The van der Waals surface area contributed by atoms with E-state index in [0.29, 0.717) is 6.04 Å². The van der Waals surface area contributed by atoms with Gasteiger partial charge in [-0.05, 0) is 56.7 Å². The molecule has 122 valence electrons. The van der Waals surface area contributed by atoms with E-state index in [-0.39, 0.29) is 11.5 Å². The maximum atomic E-state index is 12.4. The van der Waals surface area contributed by atoms with Gasteiger partial charge in [0, 0.05) is 24.5 Å². The van der Waals surface area contributed by atoms with Crippen LogP contribution in [0, 0.1) is 25.2 Å². The molecule has 0 radical (unpaired) electrons. The van der Waals surface area contributed by atoms with Gasteiger partial charge in [-0.25, -0.2) is 0 Å². The zero-order valence-electron chi connectivity index (χ0n) is 14.2. The molecule has 23 heavy (non-hydrogen) atoms. The van der Waals surface area contributed by atoms with Gasteiger partial charge in [0.25, 0.3) is 5.91 Å². The number of amides is 1. The van der Waals surface area contributed by atoms with Crippen molar-refractivity contribution in [2.75, 3.05) is 11.9 Å². The number of likely N-dealkylation sites (tertiary alicyclic amines) is 1. The van der Waals surface area contributed by atoms with Gasteiger partial charge in [0.15, 0.2) is 0 Å². The van der Waals surface area contributed by atoms with Gasteiger partial charge >= 0.3 is 0 Å². The maximum Gasteiger partial charge on any atom is 0.267 e. The molecule has 1 aliphatic heterocycles. The smallest absolute Gasteiger partial charge is 0.267 e. The molecule has 4 heteroatoms. The molecular weight excluding hydrogens is 286 g/mol. The monoisotopic (exact) mass is 311 g/mol. The molecular formula is C19H25N3O. The van der Waals surface area contributed by atoms with Crippen molar-refractivity contribution in [3.63, 3.8) is 0 Å². The summed E-state index contributed by atoms with van der Waals surface area (Å²) in [5.41, 5.74) is 3.09. The fourth-order valence-electron chi connectivity index (χ4n) is 3.01. The Morgan fingerprint density at radius 3 is 2.91 bits per heavy atom. The number of hydrogen-bond donors (Lipinski definition) is 1. The zero-order valence-corrected chi connectivity index (χ0v) is 14.2. The summed E-state index contributed by atoms with van der Waals surface area (Å²) in [7, 11) is 0. The van der Waals surface area contributed by atoms with Crippen LogP contribution in [0.3, 0.4) is 0 Å². The summed E-state index contributed by atoms with van der Waals surface area (Å²) in [5, 5.41) is 12.3. The molecule has 1 N–H and O–H groups in total. The van der Waals surface area contributed by atoms with Crippen LogP contribution in [0.15, 0.2) is 30.0 Å². The average Bonchev–Trinajstić information content (AvgIpc) is 2.57. The largest absolute Gasteiger partial charge is 0.373 e. The van der Waals surface area contributed by atoms with Gasteiger partial charge in [-0.15, -0.1) is 0 Å². The summed E-state index contributed by atoms with van der Waals surface area (Å²) in [5.74, 6) is -0.332. The number of aryl methyl sites for hydroxylation is 1. The zero-order chi connectivity index (χ0) is 16.8. The number of nitrogens with zero attached hydrogens (tertiary/aromatic N) is 2. The van der Waals surface area contributed by atoms with Gasteiger partial charge in [-0.2, -0.15) is 5.26 Å². The Kier molecular flexibility index (Phi) is 5.81. The number of carbonyl (C=O) groups excluding carboxylic acids is 1. The molecule has 1 fully saturated rings. The number of rotatable bonds is 4. The molecule has 0 aromatic heterocycles. The Labute approximate surface area is 138 Å². The maximum absolute atomic E-state index is 12.4. The van der Waals surface area contributed by atoms with E-state index in [1.54, 1.807) is 6.20 Å². The third-order valence-corrected chi connectivity index (χ3v) is 4.66. The third-order valence-electron chi connectivity index (χ3n) is 4.66. The summed E-state index contributed by atoms with van der Waals surface area (Å²) in [4.78, 5) is 14.6. The SMILES string of the molecule is CCC1CCCCN1/C=C(/C#N)C(=O)Nc1cccc(C)c1C. The molecule has 1 unspecified atom stereocenters. The summed E-state index contributed by atoms with van der Waals surface area (Å²) < 4.78 is 0. The fraction of sp³-hybridized carbons (Fsp3) is 0.474. The molecule has 0 aliphatic carbocycles. The van der Waals surface area contributed by atoms with Crippen molar-refractivity contribution in [1.82, 2.24) is 4.90 Å². The molecule has 1 saturated heterocycles. The Morgan fingerprint density at radius 2 is 2.22 bits per heavy atom. The van der Waals surface area contributed by atoms with E-state index in [4.69, 9.17) is 0 Å². The highest BCUT2D eigenvalue weighted by Crippen LogP contribution is 2.22. The van der Waals surface area contributed by atoms with Crippen molar-refractivity contribution >= 4 is 11.6 Å². The molecule has 1 aromatic rings. The van der Waals surface area contributed by atoms with E-state index in [1.165, 1.54) is 6.42 Å². The van der Waals surface area contributed by atoms with Crippen LogP contribution in [0.5, 0.6) is 0 Å². The molecule has 4 nitrogen and oxygen atoms in total. The highest BCUT2D eigenvalue weighted by molar-refractivity contribution is 6.06. The lowest BCUT2D eigenvalue weighted by molar-refractivity contribution is -0.112. The number of nitrogens with one attached hydrogen (secondary N) is 1. The minimum Gasteiger partial charge on any atom is -0.373 e. The lowest BCUT2D eigenvalue weighted by atomic mass is 10.0. The molecule has 0 bridgehead atoms. The van der Waals surface area contributed by atoms with E-state index in [0.717, 1.165) is 42.6 Å². The van der Waals surface area contributed by atoms with E-state index < -0.39 is 0 Å².